The average Bonchev–Trinajstić information content (AvgIpc) is 1.95. The molecule has 1 aromatic rings. The molecule has 2 nitrogen and oxygen atoms in total. The molecular weight excluding hydrogens is 171 g/mol. The van der Waals surface area contributed by atoms with Gasteiger partial charge in [0.05, 0.1) is 7.11 Å². The van der Waals surface area contributed by atoms with Crippen molar-refractivity contribution in [2.24, 2.45) is 0 Å². The van der Waals surface area contributed by atoms with E-state index in [1.807, 2.05) is 0 Å². The van der Waals surface area contributed by atoms with Crippen molar-refractivity contribution >= 4 is 42.2 Å². The SMILES string of the molecule is COc1ccc(S)c(O)c1.[NaH]. The van der Waals surface area contributed by atoms with Crippen molar-refractivity contribution in [1.82, 2.24) is 0 Å². The van der Waals surface area contributed by atoms with Gasteiger partial charge in [-0.1, -0.05) is 0 Å². The molecule has 0 aliphatic rings. The Bertz CT molecular complexity index is 240. The van der Waals surface area contributed by atoms with Gasteiger partial charge in [-0.2, -0.15) is 0 Å². The van der Waals surface area contributed by atoms with Gasteiger partial charge in [-0.05, 0) is 12.1 Å². The maximum atomic E-state index is 9.07. The van der Waals surface area contributed by atoms with E-state index in [9.17, 15) is 0 Å². The average molecular weight is 180 g/mol. The summed E-state index contributed by atoms with van der Waals surface area (Å²) in [4.78, 5) is 0.556. The molecule has 0 amide bonds. The molecule has 4 heteroatoms. The van der Waals surface area contributed by atoms with Gasteiger partial charge in [0.15, 0.2) is 0 Å². The molecule has 0 spiro atoms. The molecule has 0 aliphatic carbocycles. The second-order valence-electron chi connectivity index (χ2n) is 1.85. The molecule has 0 unspecified atom stereocenters. The third-order valence-corrected chi connectivity index (χ3v) is 1.56. The topological polar surface area (TPSA) is 29.5 Å². The summed E-state index contributed by atoms with van der Waals surface area (Å²) in [5.41, 5.74) is 0. The number of thiol groups is 1. The number of hydrogen-bond acceptors (Lipinski definition) is 3. The maximum absolute atomic E-state index is 9.07. The Kier molecular flexibility index (Phi) is 5.01. The van der Waals surface area contributed by atoms with Gasteiger partial charge in [0, 0.05) is 11.0 Å². The van der Waals surface area contributed by atoms with E-state index in [4.69, 9.17) is 9.84 Å². The second-order valence-corrected chi connectivity index (χ2v) is 2.34. The molecule has 1 N–H and O–H groups in total. The molecule has 0 aliphatic heterocycles. The van der Waals surface area contributed by atoms with E-state index in [0.29, 0.717) is 10.6 Å². The molecule has 0 fully saturated rings. The number of ether oxygens (including phenoxy) is 1. The molecule has 0 aromatic heterocycles. The molecule has 11 heavy (non-hydrogen) atoms. The van der Waals surface area contributed by atoms with Gasteiger partial charge >= 0.3 is 29.6 Å². The van der Waals surface area contributed by atoms with Gasteiger partial charge in [-0.3, -0.25) is 0 Å². The van der Waals surface area contributed by atoms with Crippen LogP contribution in [0.3, 0.4) is 0 Å². The van der Waals surface area contributed by atoms with Crippen LogP contribution in [-0.2, 0) is 0 Å². The Morgan fingerprint density at radius 3 is 2.55 bits per heavy atom. The van der Waals surface area contributed by atoms with Crippen molar-refractivity contribution in [2.45, 2.75) is 4.90 Å². The van der Waals surface area contributed by atoms with E-state index < -0.39 is 0 Å². The Morgan fingerprint density at radius 2 is 2.09 bits per heavy atom. The second kappa shape index (κ2) is 4.93. The number of phenols is 1. The molecule has 1 rings (SSSR count). The normalized spacial score (nSPS) is 8.55. The monoisotopic (exact) mass is 180 g/mol. The van der Waals surface area contributed by atoms with E-state index in [2.05, 4.69) is 12.6 Å². The fraction of sp³-hybridized carbons (Fsp3) is 0.143. The van der Waals surface area contributed by atoms with E-state index in [0.717, 1.165) is 0 Å². The van der Waals surface area contributed by atoms with E-state index in [-0.39, 0.29) is 35.3 Å². The minimum atomic E-state index is 0. The molecule has 0 radical (unpaired) electrons. The fourth-order valence-corrected chi connectivity index (χ4v) is 0.769. The zero-order chi connectivity index (χ0) is 7.56. The van der Waals surface area contributed by atoms with Crippen molar-refractivity contribution < 1.29 is 9.84 Å². The Morgan fingerprint density at radius 1 is 1.45 bits per heavy atom. The zero-order valence-electron chi connectivity index (χ0n) is 5.53. The van der Waals surface area contributed by atoms with Crippen LogP contribution in [0.15, 0.2) is 23.1 Å². The van der Waals surface area contributed by atoms with Crippen molar-refractivity contribution in [2.75, 3.05) is 7.11 Å². The number of phenolic OH excluding ortho intramolecular Hbond substituents is 1. The van der Waals surface area contributed by atoms with Crippen molar-refractivity contribution in [3.63, 3.8) is 0 Å². The van der Waals surface area contributed by atoms with Crippen LogP contribution in [0.1, 0.15) is 0 Å². The van der Waals surface area contributed by atoms with Crippen molar-refractivity contribution in [3.8, 4) is 11.5 Å². The summed E-state index contributed by atoms with van der Waals surface area (Å²) in [6.45, 7) is 0. The van der Waals surface area contributed by atoms with Crippen LogP contribution in [0, 0.1) is 0 Å². The first-order valence-corrected chi connectivity index (χ1v) is 3.24. The summed E-state index contributed by atoms with van der Waals surface area (Å²) in [6.07, 6.45) is 0. The summed E-state index contributed by atoms with van der Waals surface area (Å²) < 4.78 is 4.86. The van der Waals surface area contributed by atoms with Crippen LogP contribution in [0.4, 0.5) is 0 Å². The molecule has 0 saturated carbocycles. The number of hydrogen-bond donors (Lipinski definition) is 2. The molecule has 0 saturated heterocycles. The number of rotatable bonds is 1. The van der Waals surface area contributed by atoms with Gasteiger partial charge in [-0.15, -0.1) is 12.6 Å². The molecule has 0 heterocycles. The summed E-state index contributed by atoms with van der Waals surface area (Å²) in [7, 11) is 1.55. The third kappa shape index (κ3) is 2.95. The molecule has 0 atom stereocenters. The van der Waals surface area contributed by atoms with Crippen LogP contribution in [-0.4, -0.2) is 41.8 Å². The van der Waals surface area contributed by atoms with Crippen LogP contribution < -0.4 is 4.74 Å². The standard InChI is InChI=1S/C7H8O2S.Na.H/c1-9-5-2-3-7(10)6(8)4-5;;/h2-4,8,10H,1H3;;. The molecule has 56 valence electrons. The predicted molar refractivity (Wildman–Crippen MR) is 49.1 cm³/mol. The van der Waals surface area contributed by atoms with Crippen LogP contribution in [0.2, 0.25) is 0 Å². The van der Waals surface area contributed by atoms with Gasteiger partial charge in [-0.25, -0.2) is 0 Å². The van der Waals surface area contributed by atoms with Crippen LogP contribution in [0.5, 0.6) is 11.5 Å². The van der Waals surface area contributed by atoms with Gasteiger partial charge in [0.25, 0.3) is 0 Å². The van der Waals surface area contributed by atoms with E-state index >= 15 is 0 Å². The number of aromatic hydroxyl groups is 1. The Hall–Kier alpha value is 0.170. The summed E-state index contributed by atoms with van der Waals surface area (Å²) in [5.74, 6) is 0.776. The summed E-state index contributed by atoms with van der Waals surface area (Å²) >= 11 is 3.98. The molecule has 1 aromatic carbocycles. The van der Waals surface area contributed by atoms with Gasteiger partial charge in [0.1, 0.15) is 11.5 Å². The van der Waals surface area contributed by atoms with Gasteiger partial charge in [0.2, 0.25) is 0 Å². The first-order valence-electron chi connectivity index (χ1n) is 2.80. The van der Waals surface area contributed by atoms with Crippen molar-refractivity contribution in [3.05, 3.63) is 18.2 Å². The predicted octanol–water partition coefficient (Wildman–Crippen LogP) is 1.04. The zero-order valence-corrected chi connectivity index (χ0v) is 6.43. The summed E-state index contributed by atoms with van der Waals surface area (Å²) in [6, 6.07) is 4.93. The fourth-order valence-electron chi connectivity index (χ4n) is 0.630. The minimum absolute atomic E-state index is 0. The van der Waals surface area contributed by atoms with Crippen LogP contribution >= 0.6 is 12.6 Å². The number of methoxy groups -OCH3 is 1. The Labute approximate surface area is 93.3 Å². The first kappa shape index (κ1) is 11.2. The van der Waals surface area contributed by atoms with E-state index in [1.54, 1.807) is 19.2 Å². The molecular formula is C7H9NaO2S. The quantitative estimate of drug-likeness (QED) is 0.499. The molecule has 0 bridgehead atoms. The third-order valence-electron chi connectivity index (χ3n) is 1.18. The number of benzene rings is 1. The Balaban J connectivity index is 0.000001000. The first-order chi connectivity index (χ1) is 4.74. The van der Waals surface area contributed by atoms with Crippen molar-refractivity contribution in [1.29, 1.82) is 0 Å². The summed E-state index contributed by atoms with van der Waals surface area (Å²) in [5, 5.41) is 9.07. The van der Waals surface area contributed by atoms with E-state index in [1.165, 1.54) is 6.07 Å². The van der Waals surface area contributed by atoms with Gasteiger partial charge < -0.3 is 9.84 Å². The van der Waals surface area contributed by atoms with Crippen LogP contribution in [0.25, 0.3) is 0 Å².